The zero-order valence-electron chi connectivity index (χ0n) is 25.3. The summed E-state index contributed by atoms with van der Waals surface area (Å²) in [5.41, 5.74) is 2.72. The molecule has 1 N–H and O–H groups in total. The van der Waals surface area contributed by atoms with E-state index in [-0.39, 0.29) is 34.5 Å². The van der Waals surface area contributed by atoms with Gasteiger partial charge in [-0.1, -0.05) is 113 Å². The summed E-state index contributed by atoms with van der Waals surface area (Å²) in [6.45, 7) is 3.88. The molecule has 0 aliphatic carbocycles. The lowest BCUT2D eigenvalue weighted by Crippen LogP contribution is -2.53. The van der Waals surface area contributed by atoms with Crippen LogP contribution >= 0.6 is 27.5 Å². The van der Waals surface area contributed by atoms with Gasteiger partial charge in [0.1, 0.15) is 12.6 Å². The van der Waals surface area contributed by atoms with Crippen LogP contribution < -0.4 is 9.62 Å². The molecule has 10 heteroatoms. The molecule has 0 saturated carbocycles. The van der Waals surface area contributed by atoms with Gasteiger partial charge in [-0.15, -0.1) is 0 Å². The first-order chi connectivity index (χ1) is 21.6. The molecule has 4 rings (SSSR count). The number of nitrogens with zero attached hydrogens (tertiary/aromatic N) is 2. The van der Waals surface area contributed by atoms with E-state index in [0.29, 0.717) is 6.54 Å². The summed E-state index contributed by atoms with van der Waals surface area (Å²) in [7, 11) is -4.23. The third-order valence-corrected chi connectivity index (χ3v) is 9.94. The number of nitrogens with one attached hydrogen (secondary N) is 1. The van der Waals surface area contributed by atoms with Crippen molar-refractivity contribution in [3.8, 4) is 0 Å². The van der Waals surface area contributed by atoms with E-state index in [2.05, 4.69) is 21.2 Å². The first-order valence-corrected chi connectivity index (χ1v) is 17.4. The number of benzene rings is 4. The maximum Gasteiger partial charge on any atom is 0.264 e. The average molecular weight is 711 g/mol. The van der Waals surface area contributed by atoms with Crippen LogP contribution in [0.5, 0.6) is 0 Å². The summed E-state index contributed by atoms with van der Waals surface area (Å²) < 4.78 is 30.1. The predicted octanol–water partition coefficient (Wildman–Crippen LogP) is 7.16. The standard InChI is InChI=1S/C35H37BrClN3O4S/c1-3-4-21-38-35(42)33(23-27-11-6-5-7-12-27)39(24-28-13-10-14-29(36)22-28)34(41)25-40(32-16-9-8-15-31(32)37)45(43,44)30-19-17-26(2)18-20-30/h5-20,22,33H,3-4,21,23-25H2,1-2H3,(H,38,42)/t33-/m1/s1. The van der Waals surface area contributed by atoms with Crippen molar-refractivity contribution in [2.24, 2.45) is 0 Å². The zero-order chi connectivity index (χ0) is 32.4. The van der Waals surface area contributed by atoms with Crippen LogP contribution in [0.2, 0.25) is 5.02 Å². The number of hydrogen-bond donors (Lipinski definition) is 1. The average Bonchev–Trinajstić information content (AvgIpc) is 3.02. The van der Waals surface area contributed by atoms with Gasteiger partial charge in [0.2, 0.25) is 11.8 Å². The number of rotatable bonds is 14. The highest BCUT2D eigenvalue weighted by Gasteiger charge is 2.35. The Hall–Kier alpha value is -3.66. The molecule has 0 spiro atoms. The number of carbonyl (C=O) groups excluding carboxylic acids is 2. The highest BCUT2D eigenvalue weighted by atomic mass is 79.9. The molecule has 0 aliphatic rings. The Morgan fingerprint density at radius 1 is 0.889 bits per heavy atom. The fraction of sp³-hybridized carbons (Fsp3) is 0.257. The normalized spacial score (nSPS) is 11.9. The molecular formula is C35H37BrClN3O4S. The predicted molar refractivity (Wildman–Crippen MR) is 184 cm³/mol. The number of halogens is 2. The van der Waals surface area contributed by atoms with Gasteiger partial charge in [0.05, 0.1) is 15.6 Å². The van der Waals surface area contributed by atoms with Gasteiger partial charge in [0.25, 0.3) is 10.0 Å². The first-order valence-electron chi connectivity index (χ1n) is 14.8. The quantitative estimate of drug-likeness (QED) is 0.141. The molecule has 0 aliphatic heterocycles. The molecule has 0 aromatic heterocycles. The summed E-state index contributed by atoms with van der Waals surface area (Å²) in [5, 5.41) is 3.18. The molecule has 4 aromatic carbocycles. The smallest absolute Gasteiger partial charge is 0.264 e. The van der Waals surface area contributed by atoms with E-state index >= 15 is 0 Å². The molecule has 4 aromatic rings. The fourth-order valence-electron chi connectivity index (χ4n) is 4.90. The second kappa shape index (κ2) is 16.1. The summed E-state index contributed by atoms with van der Waals surface area (Å²) in [4.78, 5) is 29.8. The van der Waals surface area contributed by atoms with Gasteiger partial charge in [-0.05, 0) is 60.9 Å². The Balaban J connectivity index is 1.80. The van der Waals surface area contributed by atoms with Crippen molar-refractivity contribution >= 4 is 55.1 Å². The summed E-state index contributed by atoms with van der Waals surface area (Å²) >= 11 is 10.0. The van der Waals surface area contributed by atoms with Gasteiger partial charge in [0.15, 0.2) is 0 Å². The Morgan fingerprint density at radius 2 is 1.56 bits per heavy atom. The number of unbranched alkanes of at least 4 members (excludes halogenated alkanes) is 1. The minimum Gasteiger partial charge on any atom is -0.354 e. The van der Waals surface area contributed by atoms with Crippen LogP contribution in [0.3, 0.4) is 0 Å². The van der Waals surface area contributed by atoms with Crippen molar-refractivity contribution in [3.05, 3.63) is 129 Å². The first kappa shape index (κ1) is 34.2. The van der Waals surface area contributed by atoms with E-state index in [1.807, 2.05) is 68.4 Å². The SMILES string of the molecule is CCCCNC(=O)[C@@H](Cc1ccccc1)N(Cc1cccc(Br)c1)C(=O)CN(c1ccccc1Cl)S(=O)(=O)c1ccc(C)cc1. The maximum absolute atomic E-state index is 14.5. The molecule has 0 bridgehead atoms. The molecule has 7 nitrogen and oxygen atoms in total. The Morgan fingerprint density at radius 3 is 2.22 bits per heavy atom. The van der Waals surface area contributed by atoms with Crippen molar-refractivity contribution in [1.82, 2.24) is 10.2 Å². The molecule has 0 unspecified atom stereocenters. The third-order valence-electron chi connectivity index (χ3n) is 7.35. The lowest BCUT2D eigenvalue weighted by atomic mass is 10.0. The highest BCUT2D eigenvalue weighted by molar-refractivity contribution is 9.10. The Kier molecular flexibility index (Phi) is 12.2. The van der Waals surface area contributed by atoms with Crippen molar-refractivity contribution in [2.75, 3.05) is 17.4 Å². The maximum atomic E-state index is 14.5. The number of hydrogen-bond acceptors (Lipinski definition) is 4. The number of amides is 2. The molecular weight excluding hydrogens is 674 g/mol. The van der Waals surface area contributed by atoms with Crippen LogP contribution in [0.4, 0.5) is 5.69 Å². The molecule has 1 atom stereocenters. The second-order valence-corrected chi connectivity index (χ2v) is 14.0. The zero-order valence-corrected chi connectivity index (χ0v) is 28.5. The van der Waals surface area contributed by atoms with Crippen LogP contribution in [0.1, 0.15) is 36.5 Å². The lowest BCUT2D eigenvalue weighted by molar-refractivity contribution is -0.140. The third kappa shape index (κ3) is 9.19. The summed E-state index contributed by atoms with van der Waals surface area (Å²) in [6.07, 6.45) is 1.93. The summed E-state index contributed by atoms with van der Waals surface area (Å²) in [5.74, 6) is -0.849. The second-order valence-electron chi connectivity index (χ2n) is 10.8. The van der Waals surface area contributed by atoms with Crippen LogP contribution in [0, 0.1) is 6.92 Å². The van der Waals surface area contributed by atoms with Crippen LogP contribution in [0.15, 0.2) is 112 Å². The van der Waals surface area contributed by atoms with E-state index in [9.17, 15) is 18.0 Å². The Labute approximate surface area is 279 Å². The van der Waals surface area contributed by atoms with Crippen LogP contribution in [0.25, 0.3) is 0 Å². The van der Waals surface area contributed by atoms with Crippen LogP contribution in [-0.4, -0.2) is 44.3 Å². The van der Waals surface area contributed by atoms with E-state index < -0.39 is 28.5 Å². The van der Waals surface area contributed by atoms with Crippen molar-refractivity contribution in [2.45, 2.75) is 50.6 Å². The van der Waals surface area contributed by atoms with Gasteiger partial charge in [-0.25, -0.2) is 8.42 Å². The van der Waals surface area contributed by atoms with Crippen molar-refractivity contribution in [3.63, 3.8) is 0 Å². The molecule has 0 heterocycles. The topological polar surface area (TPSA) is 86.8 Å². The molecule has 0 saturated heterocycles. The molecule has 0 radical (unpaired) electrons. The van der Waals surface area contributed by atoms with Gasteiger partial charge < -0.3 is 10.2 Å². The molecule has 0 fully saturated rings. The van der Waals surface area contributed by atoms with Gasteiger partial charge >= 0.3 is 0 Å². The van der Waals surface area contributed by atoms with Crippen molar-refractivity contribution < 1.29 is 18.0 Å². The molecule has 2 amide bonds. The van der Waals surface area contributed by atoms with E-state index in [0.717, 1.165) is 38.3 Å². The van der Waals surface area contributed by atoms with E-state index in [1.165, 1.54) is 17.0 Å². The van der Waals surface area contributed by atoms with Gasteiger partial charge in [-0.2, -0.15) is 0 Å². The summed E-state index contributed by atoms with van der Waals surface area (Å²) in [6, 6.07) is 29.0. The largest absolute Gasteiger partial charge is 0.354 e. The number of para-hydroxylation sites is 1. The molecule has 236 valence electrons. The number of aryl methyl sites for hydroxylation is 1. The van der Waals surface area contributed by atoms with E-state index in [4.69, 9.17) is 11.6 Å². The minimum absolute atomic E-state index is 0.0255. The van der Waals surface area contributed by atoms with E-state index in [1.54, 1.807) is 36.4 Å². The highest BCUT2D eigenvalue weighted by Crippen LogP contribution is 2.31. The lowest BCUT2D eigenvalue weighted by Gasteiger charge is -2.34. The minimum atomic E-state index is -4.23. The number of anilines is 1. The van der Waals surface area contributed by atoms with Crippen LogP contribution in [-0.2, 0) is 32.6 Å². The van der Waals surface area contributed by atoms with Crippen molar-refractivity contribution in [1.29, 1.82) is 0 Å². The monoisotopic (exact) mass is 709 g/mol. The molecule has 45 heavy (non-hydrogen) atoms. The van der Waals surface area contributed by atoms with Gasteiger partial charge in [0, 0.05) is 24.0 Å². The number of sulfonamides is 1. The van der Waals surface area contributed by atoms with Gasteiger partial charge in [-0.3, -0.25) is 13.9 Å². The number of carbonyl (C=O) groups is 2. The Bertz CT molecular complexity index is 1700. The fourth-order valence-corrected chi connectivity index (χ4v) is 7.06.